The number of esters is 1. The molecule has 0 fully saturated rings. The number of hydrogen-bond donors (Lipinski definition) is 2. The summed E-state index contributed by atoms with van der Waals surface area (Å²) in [5, 5.41) is 4.35. The van der Waals surface area contributed by atoms with E-state index >= 15 is 0 Å². The molecule has 2 unspecified atom stereocenters. The van der Waals surface area contributed by atoms with Crippen molar-refractivity contribution in [1.29, 1.82) is 0 Å². The van der Waals surface area contributed by atoms with Crippen LogP contribution in [0.5, 0.6) is 0 Å². The third-order valence-electron chi connectivity index (χ3n) is 4.08. The minimum absolute atomic E-state index is 0.517. The third kappa shape index (κ3) is 4.31. The van der Waals surface area contributed by atoms with Gasteiger partial charge in [0.2, 0.25) is 0 Å². The van der Waals surface area contributed by atoms with E-state index in [4.69, 9.17) is 4.74 Å². The van der Waals surface area contributed by atoms with Crippen LogP contribution in [0.3, 0.4) is 0 Å². The topological polar surface area (TPSA) is 84.5 Å². The Balaban J connectivity index is 1.97. The molecule has 0 aliphatic heterocycles. The van der Waals surface area contributed by atoms with Gasteiger partial charge in [0.1, 0.15) is 4.88 Å². The number of ether oxygens (including phenoxy) is 1. The molecule has 1 aromatic rings. The van der Waals surface area contributed by atoms with Crippen LogP contribution < -0.4 is 10.6 Å². The summed E-state index contributed by atoms with van der Waals surface area (Å²) in [7, 11) is 1.40. The van der Waals surface area contributed by atoms with Gasteiger partial charge >= 0.3 is 12.0 Å². The molecule has 0 saturated heterocycles. The zero-order chi connectivity index (χ0) is 17.0. The number of imide groups is 1. The van der Waals surface area contributed by atoms with E-state index in [-0.39, 0.29) is 0 Å². The van der Waals surface area contributed by atoms with Crippen molar-refractivity contribution in [1.82, 2.24) is 10.6 Å². The van der Waals surface area contributed by atoms with E-state index in [1.807, 2.05) is 6.07 Å². The van der Waals surface area contributed by atoms with Crippen LogP contribution >= 0.6 is 11.3 Å². The molecular weight excluding hydrogens is 316 g/mol. The second kappa shape index (κ2) is 7.59. The van der Waals surface area contributed by atoms with E-state index in [0.29, 0.717) is 10.8 Å². The highest BCUT2D eigenvalue weighted by Gasteiger charge is 2.25. The Bertz CT molecular complexity index is 611. The SMILES string of the molecule is CCC1CCc2sc(C(=O)OC(C)C(=O)NC(=O)NC)cc2C1. The Kier molecular flexibility index (Phi) is 5.76. The zero-order valence-electron chi connectivity index (χ0n) is 13.6. The fourth-order valence-electron chi connectivity index (χ4n) is 2.60. The minimum atomic E-state index is -1.03. The molecule has 0 radical (unpaired) electrons. The van der Waals surface area contributed by atoms with Gasteiger partial charge in [-0.25, -0.2) is 9.59 Å². The van der Waals surface area contributed by atoms with Crippen LogP contribution in [0.1, 0.15) is 46.8 Å². The Morgan fingerprint density at radius 1 is 1.43 bits per heavy atom. The van der Waals surface area contributed by atoms with Gasteiger partial charge < -0.3 is 10.1 Å². The zero-order valence-corrected chi connectivity index (χ0v) is 14.4. The van der Waals surface area contributed by atoms with Crippen LogP contribution in [-0.2, 0) is 22.4 Å². The first-order chi connectivity index (χ1) is 10.9. The van der Waals surface area contributed by atoms with Crippen LogP contribution in [0.4, 0.5) is 4.79 Å². The van der Waals surface area contributed by atoms with Crippen molar-refractivity contribution in [3.05, 3.63) is 21.4 Å². The second-order valence-corrected chi connectivity index (χ2v) is 6.83. The van der Waals surface area contributed by atoms with Crippen molar-refractivity contribution in [2.24, 2.45) is 5.92 Å². The van der Waals surface area contributed by atoms with Crippen LogP contribution in [0.25, 0.3) is 0 Å². The van der Waals surface area contributed by atoms with Crippen molar-refractivity contribution in [3.63, 3.8) is 0 Å². The molecule has 1 aliphatic carbocycles. The van der Waals surface area contributed by atoms with Crippen molar-refractivity contribution in [2.75, 3.05) is 7.05 Å². The quantitative estimate of drug-likeness (QED) is 0.825. The van der Waals surface area contributed by atoms with Crippen LogP contribution in [-0.4, -0.2) is 31.1 Å². The van der Waals surface area contributed by atoms with E-state index in [1.165, 1.54) is 35.7 Å². The van der Waals surface area contributed by atoms with E-state index < -0.39 is 24.0 Å². The summed E-state index contributed by atoms with van der Waals surface area (Å²) in [4.78, 5) is 36.8. The number of hydrogen-bond acceptors (Lipinski definition) is 5. The van der Waals surface area contributed by atoms with Crippen LogP contribution in [0.15, 0.2) is 6.07 Å². The molecule has 23 heavy (non-hydrogen) atoms. The fraction of sp³-hybridized carbons (Fsp3) is 0.562. The Hall–Kier alpha value is -1.89. The van der Waals surface area contributed by atoms with Gasteiger partial charge in [-0.3, -0.25) is 10.1 Å². The average molecular weight is 338 g/mol. The molecule has 7 heteroatoms. The highest BCUT2D eigenvalue weighted by Crippen LogP contribution is 2.33. The number of carbonyl (C=O) groups excluding carboxylic acids is 3. The Morgan fingerprint density at radius 3 is 2.83 bits per heavy atom. The summed E-state index contributed by atoms with van der Waals surface area (Å²) in [6, 6.07) is 1.25. The average Bonchev–Trinajstić information content (AvgIpc) is 2.97. The van der Waals surface area contributed by atoms with E-state index in [2.05, 4.69) is 17.6 Å². The van der Waals surface area contributed by atoms with E-state index in [1.54, 1.807) is 0 Å². The molecule has 3 amide bonds. The van der Waals surface area contributed by atoms with Crippen molar-refractivity contribution in [3.8, 4) is 0 Å². The summed E-state index contributed by atoms with van der Waals surface area (Å²) in [6.07, 6.45) is 3.28. The number of fused-ring (bicyclic) bond motifs is 1. The minimum Gasteiger partial charge on any atom is -0.448 e. The molecule has 0 spiro atoms. The van der Waals surface area contributed by atoms with Gasteiger partial charge in [-0.05, 0) is 43.7 Å². The molecule has 6 nitrogen and oxygen atoms in total. The van der Waals surface area contributed by atoms with Gasteiger partial charge in [0.25, 0.3) is 5.91 Å². The molecule has 0 aromatic carbocycles. The first kappa shape index (κ1) is 17.5. The van der Waals surface area contributed by atoms with Gasteiger partial charge in [-0.1, -0.05) is 13.3 Å². The Labute approximate surface area is 139 Å². The second-order valence-electron chi connectivity index (χ2n) is 5.69. The number of rotatable bonds is 4. The fourth-order valence-corrected chi connectivity index (χ4v) is 3.69. The van der Waals surface area contributed by atoms with Crippen LogP contribution in [0.2, 0.25) is 0 Å². The first-order valence-electron chi connectivity index (χ1n) is 7.79. The highest BCUT2D eigenvalue weighted by atomic mass is 32.1. The predicted octanol–water partition coefficient (Wildman–Crippen LogP) is 2.26. The summed E-state index contributed by atoms with van der Waals surface area (Å²) in [5.74, 6) is -0.486. The lowest BCUT2D eigenvalue weighted by Crippen LogP contribution is -2.43. The van der Waals surface area contributed by atoms with Crippen molar-refractivity contribution < 1.29 is 19.1 Å². The number of amides is 3. The van der Waals surface area contributed by atoms with Crippen molar-refractivity contribution in [2.45, 2.75) is 45.6 Å². The molecular formula is C16H22N2O4S. The summed E-state index contributed by atoms with van der Waals surface area (Å²) >= 11 is 1.44. The van der Waals surface area contributed by atoms with E-state index in [0.717, 1.165) is 25.7 Å². The highest BCUT2D eigenvalue weighted by molar-refractivity contribution is 7.14. The smallest absolute Gasteiger partial charge is 0.349 e. The first-order valence-corrected chi connectivity index (χ1v) is 8.61. The Morgan fingerprint density at radius 2 is 2.17 bits per heavy atom. The molecule has 2 atom stereocenters. The summed E-state index contributed by atoms with van der Waals surface area (Å²) in [5.41, 5.74) is 1.22. The lowest BCUT2D eigenvalue weighted by Gasteiger charge is -2.19. The molecule has 0 saturated carbocycles. The van der Waals surface area contributed by atoms with Gasteiger partial charge in [-0.2, -0.15) is 0 Å². The molecule has 126 valence electrons. The van der Waals surface area contributed by atoms with E-state index in [9.17, 15) is 14.4 Å². The maximum atomic E-state index is 12.2. The molecule has 1 heterocycles. The number of thiophene rings is 1. The third-order valence-corrected chi connectivity index (χ3v) is 5.30. The molecule has 2 N–H and O–H groups in total. The maximum absolute atomic E-state index is 12.2. The molecule has 1 aromatic heterocycles. The van der Waals surface area contributed by atoms with Crippen LogP contribution in [0, 0.1) is 5.92 Å². The summed E-state index contributed by atoms with van der Waals surface area (Å²) < 4.78 is 5.15. The van der Waals surface area contributed by atoms with Gasteiger partial charge in [0, 0.05) is 11.9 Å². The van der Waals surface area contributed by atoms with Gasteiger partial charge in [0.15, 0.2) is 6.10 Å². The molecule has 1 aliphatic rings. The largest absolute Gasteiger partial charge is 0.448 e. The lowest BCUT2D eigenvalue weighted by molar-refractivity contribution is -0.127. The number of aryl methyl sites for hydroxylation is 1. The number of carbonyl (C=O) groups is 3. The molecule has 0 bridgehead atoms. The number of urea groups is 1. The normalized spacial score (nSPS) is 17.8. The lowest BCUT2D eigenvalue weighted by atomic mass is 9.87. The predicted molar refractivity (Wildman–Crippen MR) is 87.6 cm³/mol. The molecule has 2 rings (SSSR count). The van der Waals surface area contributed by atoms with Gasteiger partial charge in [-0.15, -0.1) is 11.3 Å². The summed E-state index contributed by atoms with van der Waals surface area (Å²) in [6.45, 7) is 3.63. The maximum Gasteiger partial charge on any atom is 0.349 e. The van der Waals surface area contributed by atoms with Crippen molar-refractivity contribution >= 4 is 29.2 Å². The monoisotopic (exact) mass is 338 g/mol. The standard InChI is InChI=1S/C16H22N2O4S/c1-4-10-5-6-12-11(7-10)8-13(23-12)15(20)22-9(2)14(19)18-16(21)17-3/h8-10H,4-7H2,1-3H3,(H2,17,18,19,21). The number of nitrogens with one attached hydrogen (secondary N) is 2. The van der Waals surface area contributed by atoms with Gasteiger partial charge in [0.05, 0.1) is 0 Å².